The number of hydrogen-bond acceptors (Lipinski definition) is 3. The van der Waals surface area contributed by atoms with Gasteiger partial charge in [0.25, 0.3) is 0 Å². The quantitative estimate of drug-likeness (QED) is 0.879. The van der Waals surface area contributed by atoms with E-state index >= 15 is 0 Å². The molecule has 2 atom stereocenters. The number of fused-ring (bicyclic) bond motifs is 1. The smallest absolute Gasteiger partial charge is 0.0749 e. The fourth-order valence-electron chi connectivity index (χ4n) is 2.34. The van der Waals surface area contributed by atoms with E-state index in [-0.39, 0.29) is 6.04 Å². The SMILES string of the molecule is COCC(C)CC(N)c1cccc2cccnc12. The van der Waals surface area contributed by atoms with Gasteiger partial charge in [0.1, 0.15) is 0 Å². The molecule has 3 heteroatoms. The Kier molecular flexibility index (Phi) is 4.28. The van der Waals surface area contributed by atoms with E-state index in [1.807, 2.05) is 18.3 Å². The highest BCUT2D eigenvalue weighted by molar-refractivity contribution is 5.81. The standard InChI is InChI=1S/C15H20N2O/c1-11(10-18-2)9-14(16)13-7-3-5-12-6-4-8-17-15(12)13/h3-8,11,14H,9-10,16H2,1-2H3. The van der Waals surface area contributed by atoms with Crippen molar-refractivity contribution in [1.82, 2.24) is 4.98 Å². The summed E-state index contributed by atoms with van der Waals surface area (Å²) >= 11 is 0. The van der Waals surface area contributed by atoms with Crippen LogP contribution in [0.2, 0.25) is 0 Å². The zero-order valence-electron chi connectivity index (χ0n) is 11.0. The minimum atomic E-state index is 0.00810. The first-order chi connectivity index (χ1) is 8.72. The minimum absolute atomic E-state index is 0.00810. The number of ether oxygens (including phenoxy) is 1. The van der Waals surface area contributed by atoms with E-state index in [1.54, 1.807) is 7.11 Å². The molecule has 1 heterocycles. The first-order valence-electron chi connectivity index (χ1n) is 6.30. The maximum absolute atomic E-state index is 6.30. The number of para-hydroxylation sites is 1. The van der Waals surface area contributed by atoms with Gasteiger partial charge in [0.2, 0.25) is 0 Å². The molecule has 1 aromatic heterocycles. The Hall–Kier alpha value is -1.45. The molecule has 0 aliphatic rings. The molecule has 0 radical (unpaired) electrons. The van der Waals surface area contributed by atoms with Crippen molar-refractivity contribution >= 4 is 10.9 Å². The summed E-state index contributed by atoms with van der Waals surface area (Å²) in [5.74, 6) is 0.448. The lowest BCUT2D eigenvalue weighted by molar-refractivity contribution is 0.152. The molecule has 1 aromatic carbocycles. The van der Waals surface area contributed by atoms with Gasteiger partial charge in [-0.25, -0.2) is 0 Å². The van der Waals surface area contributed by atoms with Crippen LogP contribution in [0.5, 0.6) is 0 Å². The highest BCUT2D eigenvalue weighted by Gasteiger charge is 2.14. The molecule has 3 nitrogen and oxygen atoms in total. The summed E-state index contributed by atoms with van der Waals surface area (Å²) in [6, 6.07) is 10.2. The number of pyridine rings is 1. The summed E-state index contributed by atoms with van der Waals surface area (Å²) in [6.45, 7) is 2.90. The van der Waals surface area contributed by atoms with Crippen LogP contribution in [-0.4, -0.2) is 18.7 Å². The maximum atomic E-state index is 6.30. The van der Waals surface area contributed by atoms with E-state index in [0.29, 0.717) is 5.92 Å². The topological polar surface area (TPSA) is 48.1 Å². The predicted octanol–water partition coefficient (Wildman–Crippen LogP) is 2.91. The predicted molar refractivity (Wildman–Crippen MR) is 74.3 cm³/mol. The number of rotatable bonds is 5. The van der Waals surface area contributed by atoms with Crippen molar-refractivity contribution in [3.8, 4) is 0 Å². The lowest BCUT2D eigenvalue weighted by Crippen LogP contribution is -2.17. The van der Waals surface area contributed by atoms with Gasteiger partial charge in [-0.3, -0.25) is 4.98 Å². The zero-order chi connectivity index (χ0) is 13.0. The van der Waals surface area contributed by atoms with Gasteiger partial charge in [-0.1, -0.05) is 31.2 Å². The Balaban J connectivity index is 2.24. The highest BCUT2D eigenvalue weighted by atomic mass is 16.5. The summed E-state index contributed by atoms with van der Waals surface area (Å²) in [5.41, 5.74) is 8.43. The fourth-order valence-corrected chi connectivity index (χ4v) is 2.34. The van der Waals surface area contributed by atoms with E-state index < -0.39 is 0 Å². The molecule has 0 aliphatic heterocycles. The number of methoxy groups -OCH3 is 1. The van der Waals surface area contributed by atoms with Crippen LogP contribution in [0.15, 0.2) is 36.5 Å². The number of benzene rings is 1. The van der Waals surface area contributed by atoms with Crippen LogP contribution in [0.3, 0.4) is 0 Å². The second-order valence-electron chi connectivity index (χ2n) is 4.83. The lowest BCUT2D eigenvalue weighted by Gasteiger charge is -2.18. The largest absolute Gasteiger partial charge is 0.384 e. The summed E-state index contributed by atoms with van der Waals surface area (Å²) in [7, 11) is 1.72. The van der Waals surface area contributed by atoms with Crippen LogP contribution in [0.4, 0.5) is 0 Å². The molecule has 0 saturated carbocycles. The van der Waals surface area contributed by atoms with Gasteiger partial charge < -0.3 is 10.5 Å². The van der Waals surface area contributed by atoms with Crippen molar-refractivity contribution in [1.29, 1.82) is 0 Å². The van der Waals surface area contributed by atoms with Crippen LogP contribution in [0.25, 0.3) is 10.9 Å². The Morgan fingerprint density at radius 3 is 2.83 bits per heavy atom. The highest BCUT2D eigenvalue weighted by Crippen LogP contribution is 2.25. The van der Waals surface area contributed by atoms with E-state index in [0.717, 1.165) is 29.5 Å². The van der Waals surface area contributed by atoms with E-state index in [2.05, 4.69) is 30.1 Å². The van der Waals surface area contributed by atoms with Crippen molar-refractivity contribution in [2.75, 3.05) is 13.7 Å². The van der Waals surface area contributed by atoms with Crippen LogP contribution in [0.1, 0.15) is 24.9 Å². The third-order valence-corrected chi connectivity index (χ3v) is 3.17. The van der Waals surface area contributed by atoms with Crippen molar-refractivity contribution in [2.45, 2.75) is 19.4 Å². The van der Waals surface area contributed by atoms with Gasteiger partial charge in [0.05, 0.1) is 5.52 Å². The number of nitrogens with zero attached hydrogens (tertiary/aromatic N) is 1. The van der Waals surface area contributed by atoms with Gasteiger partial charge in [-0.2, -0.15) is 0 Å². The van der Waals surface area contributed by atoms with Crippen molar-refractivity contribution in [3.05, 3.63) is 42.1 Å². The summed E-state index contributed by atoms with van der Waals surface area (Å²) in [5, 5.41) is 1.14. The molecular weight excluding hydrogens is 224 g/mol. The Labute approximate surface area is 108 Å². The molecule has 2 rings (SSSR count). The van der Waals surface area contributed by atoms with Crippen molar-refractivity contribution in [2.24, 2.45) is 11.7 Å². The molecule has 0 fully saturated rings. The first-order valence-corrected chi connectivity index (χ1v) is 6.30. The maximum Gasteiger partial charge on any atom is 0.0749 e. The van der Waals surface area contributed by atoms with Crippen LogP contribution in [-0.2, 0) is 4.74 Å². The van der Waals surface area contributed by atoms with E-state index in [4.69, 9.17) is 10.5 Å². The second-order valence-corrected chi connectivity index (χ2v) is 4.83. The normalized spacial score (nSPS) is 14.6. The summed E-state index contributed by atoms with van der Waals surface area (Å²) in [4.78, 5) is 4.44. The summed E-state index contributed by atoms with van der Waals surface area (Å²) < 4.78 is 5.16. The zero-order valence-corrected chi connectivity index (χ0v) is 11.0. The lowest BCUT2D eigenvalue weighted by atomic mass is 9.95. The molecule has 2 aromatic rings. The van der Waals surface area contributed by atoms with Crippen LogP contribution >= 0.6 is 0 Å². The van der Waals surface area contributed by atoms with Gasteiger partial charge in [-0.15, -0.1) is 0 Å². The molecular formula is C15H20N2O. The monoisotopic (exact) mass is 244 g/mol. The molecule has 0 spiro atoms. The van der Waals surface area contributed by atoms with Crippen LogP contribution < -0.4 is 5.73 Å². The average molecular weight is 244 g/mol. The Morgan fingerprint density at radius 1 is 1.28 bits per heavy atom. The fraction of sp³-hybridized carbons (Fsp3) is 0.400. The number of nitrogens with two attached hydrogens (primary N) is 1. The molecule has 96 valence electrons. The summed E-state index contributed by atoms with van der Waals surface area (Å²) in [6.07, 6.45) is 2.72. The Morgan fingerprint density at radius 2 is 2.06 bits per heavy atom. The average Bonchev–Trinajstić information content (AvgIpc) is 2.38. The first kappa shape index (κ1) is 13.0. The van der Waals surface area contributed by atoms with Crippen molar-refractivity contribution in [3.63, 3.8) is 0 Å². The third kappa shape index (κ3) is 2.86. The van der Waals surface area contributed by atoms with Gasteiger partial charge in [-0.05, 0) is 24.0 Å². The molecule has 0 bridgehead atoms. The van der Waals surface area contributed by atoms with Gasteiger partial charge >= 0.3 is 0 Å². The molecule has 2 N–H and O–H groups in total. The molecule has 18 heavy (non-hydrogen) atoms. The minimum Gasteiger partial charge on any atom is -0.384 e. The molecule has 0 saturated heterocycles. The van der Waals surface area contributed by atoms with Gasteiger partial charge in [0, 0.05) is 31.3 Å². The van der Waals surface area contributed by atoms with Gasteiger partial charge in [0.15, 0.2) is 0 Å². The van der Waals surface area contributed by atoms with E-state index in [1.165, 1.54) is 0 Å². The number of hydrogen-bond donors (Lipinski definition) is 1. The molecule has 0 aliphatic carbocycles. The molecule has 0 amide bonds. The number of aromatic nitrogens is 1. The Bertz CT molecular complexity index is 507. The van der Waals surface area contributed by atoms with Crippen molar-refractivity contribution < 1.29 is 4.74 Å². The second kappa shape index (κ2) is 5.94. The van der Waals surface area contributed by atoms with E-state index in [9.17, 15) is 0 Å². The third-order valence-electron chi connectivity index (χ3n) is 3.17. The molecule has 2 unspecified atom stereocenters. The van der Waals surface area contributed by atoms with Crippen LogP contribution in [0, 0.1) is 5.92 Å².